The summed E-state index contributed by atoms with van der Waals surface area (Å²) in [6, 6.07) is 23.9. The SMILES string of the molecule is CC.Cc1ccc(N=Nc2ccc(N=Nc3ccc(N4CCCCC4)cc3)cc2)cc1. The highest BCUT2D eigenvalue weighted by molar-refractivity contribution is 5.53. The Morgan fingerprint density at radius 3 is 1.29 bits per heavy atom. The second-order valence-electron chi connectivity index (χ2n) is 7.32. The smallest absolute Gasteiger partial charge is 0.0858 e. The summed E-state index contributed by atoms with van der Waals surface area (Å²) in [5, 5.41) is 17.2. The number of hydrogen-bond acceptors (Lipinski definition) is 5. The minimum absolute atomic E-state index is 0.787. The summed E-state index contributed by atoms with van der Waals surface area (Å²) in [7, 11) is 0. The van der Waals surface area contributed by atoms with Gasteiger partial charge in [-0.15, -0.1) is 0 Å². The van der Waals surface area contributed by atoms with E-state index in [1.807, 2.05) is 74.5 Å². The Labute approximate surface area is 185 Å². The number of benzene rings is 3. The van der Waals surface area contributed by atoms with Crippen molar-refractivity contribution in [1.82, 2.24) is 0 Å². The van der Waals surface area contributed by atoms with Gasteiger partial charge < -0.3 is 4.90 Å². The van der Waals surface area contributed by atoms with Crippen LogP contribution < -0.4 is 4.90 Å². The van der Waals surface area contributed by atoms with Crippen LogP contribution in [-0.2, 0) is 0 Å². The second kappa shape index (κ2) is 11.7. The lowest BCUT2D eigenvalue weighted by molar-refractivity contribution is 0.578. The molecule has 0 radical (unpaired) electrons. The summed E-state index contributed by atoms with van der Waals surface area (Å²) < 4.78 is 0. The summed E-state index contributed by atoms with van der Waals surface area (Å²) in [6.07, 6.45) is 3.90. The lowest BCUT2D eigenvalue weighted by Gasteiger charge is -2.28. The van der Waals surface area contributed by atoms with Gasteiger partial charge in [0.2, 0.25) is 0 Å². The van der Waals surface area contributed by atoms with Crippen molar-refractivity contribution >= 4 is 28.4 Å². The molecule has 1 aliphatic heterocycles. The van der Waals surface area contributed by atoms with Crippen molar-refractivity contribution in [2.24, 2.45) is 20.5 Å². The number of piperidine rings is 1. The normalized spacial score (nSPS) is 14.0. The van der Waals surface area contributed by atoms with Gasteiger partial charge in [-0.2, -0.15) is 20.5 Å². The molecular formula is C26H31N5. The predicted molar refractivity (Wildman–Crippen MR) is 130 cm³/mol. The summed E-state index contributed by atoms with van der Waals surface area (Å²) >= 11 is 0. The predicted octanol–water partition coefficient (Wildman–Crippen LogP) is 8.84. The number of nitrogens with zero attached hydrogens (tertiary/aromatic N) is 5. The number of rotatable bonds is 5. The van der Waals surface area contributed by atoms with Crippen molar-refractivity contribution < 1.29 is 0 Å². The van der Waals surface area contributed by atoms with Gasteiger partial charge in [-0.3, -0.25) is 0 Å². The molecule has 0 atom stereocenters. The van der Waals surface area contributed by atoms with Gasteiger partial charge in [0.15, 0.2) is 0 Å². The molecule has 1 saturated heterocycles. The van der Waals surface area contributed by atoms with Gasteiger partial charge in [0.05, 0.1) is 22.7 Å². The van der Waals surface area contributed by atoms with Crippen LogP contribution in [0.5, 0.6) is 0 Å². The molecule has 0 N–H and O–H groups in total. The van der Waals surface area contributed by atoms with Gasteiger partial charge in [0.1, 0.15) is 0 Å². The molecule has 3 aromatic carbocycles. The topological polar surface area (TPSA) is 52.7 Å². The molecule has 0 unspecified atom stereocenters. The zero-order valence-electron chi connectivity index (χ0n) is 18.7. The molecule has 5 nitrogen and oxygen atoms in total. The molecule has 160 valence electrons. The quantitative estimate of drug-likeness (QED) is 0.385. The molecule has 0 bridgehead atoms. The van der Waals surface area contributed by atoms with Crippen LogP contribution in [0.25, 0.3) is 0 Å². The monoisotopic (exact) mass is 413 g/mol. The van der Waals surface area contributed by atoms with Crippen molar-refractivity contribution in [3.8, 4) is 0 Å². The van der Waals surface area contributed by atoms with Crippen molar-refractivity contribution in [1.29, 1.82) is 0 Å². The fraction of sp³-hybridized carbons (Fsp3) is 0.308. The number of azo groups is 2. The zero-order chi connectivity index (χ0) is 21.9. The Bertz CT molecular complexity index is 968. The van der Waals surface area contributed by atoms with E-state index < -0.39 is 0 Å². The van der Waals surface area contributed by atoms with Crippen molar-refractivity contribution in [3.05, 3.63) is 78.4 Å². The Hall–Kier alpha value is -3.34. The highest BCUT2D eigenvalue weighted by Crippen LogP contribution is 2.26. The Morgan fingerprint density at radius 2 is 0.871 bits per heavy atom. The van der Waals surface area contributed by atoms with Crippen LogP contribution in [0.4, 0.5) is 28.4 Å². The van der Waals surface area contributed by atoms with Crippen molar-refractivity contribution in [2.75, 3.05) is 18.0 Å². The number of anilines is 1. The van der Waals surface area contributed by atoms with Gasteiger partial charge in [-0.25, -0.2) is 0 Å². The van der Waals surface area contributed by atoms with E-state index in [-0.39, 0.29) is 0 Å². The lowest BCUT2D eigenvalue weighted by Crippen LogP contribution is -2.29. The summed E-state index contributed by atoms with van der Waals surface area (Å²) in [4.78, 5) is 2.44. The molecule has 1 heterocycles. The third-order valence-corrected chi connectivity index (χ3v) is 5.02. The maximum absolute atomic E-state index is 4.35. The molecule has 0 aliphatic carbocycles. The molecule has 0 saturated carbocycles. The van der Waals surface area contributed by atoms with Crippen molar-refractivity contribution in [3.63, 3.8) is 0 Å². The first-order chi connectivity index (χ1) is 15.3. The van der Waals surface area contributed by atoms with Crippen LogP contribution in [0.2, 0.25) is 0 Å². The van der Waals surface area contributed by atoms with E-state index in [2.05, 4.69) is 44.4 Å². The maximum Gasteiger partial charge on any atom is 0.0858 e. The van der Waals surface area contributed by atoms with Crippen LogP contribution in [0, 0.1) is 6.92 Å². The van der Waals surface area contributed by atoms with Gasteiger partial charge >= 0.3 is 0 Å². The van der Waals surface area contributed by atoms with Crippen LogP contribution in [-0.4, -0.2) is 13.1 Å². The molecule has 1 aliphatic rings. The highest BCUT2D eigenvalue weighted by atomic mass is 15.1. The Morgan fingerprint density at radius 1 is 0.516 bits per heavy atom. The highest BCUT2D eigenvalue weighted by Gasteiger charge is 2.10. The van der Waals surface area contributed by atoms with E-state index in [4.69, 9.17) is 0 Å². The molecule has 0 spiro atoms. The van der Waals surface area contributed by atoms with E-state index in [1.54, 1.807) is 0 Å². The molecular weight excluding hydrogens is 382 g/mol. The number of aryl methyl sites for hydroxylation is 1. The van der Waals surface area contributed by atoms with E-state index in [0.717, 1.165) is 35.8 Å². The van der Waals surface area contributed by atoms with Crippen LogP contribution in [0.3, 0.4) is 0 Å². The molecule has 31 heavy (non-hydrogen) atoms. The average Bonchev–Trinajstić information content (AvgIpc) is 2.85. The zero-order valence-corrected chi connectivity index (χ0v) is 18.7. The van der Waals surface area contributed by atoms with E-state index in [9.17, 15) is 0 Å². The molecule has 0 amide bonds. The first-order valence-electron chi connectivity index (χ1n) is 11.1. The average molecular weight is 414 g/mol. The third kappa shape index (κ3) is 6.85. The summed E-state index contributed by atoms with van der Waals surface area (Å²) in [5.41, 5.74) is 5.75. The van der Waals surface area contributed by atoms with E-state index in [1.165, 1.54) is 30.5 Å². The lowest BCUT2D eigenvalue weighted by atomic mass is 10.1. The first kappa shape index (κ1) is 22.3. The number of hydrogen-bond donors (Lipinski definition) is 0. The summed E-state index contributed by atoms with van der Waals surface area (Å²) in [6.45, 7) is 8.35. The van der Waals surface area contributed by atoms with Crippen LogP contribution in [0.1, 0.15) is 38.7 Å². The standard InChI is InChI=1S/C24H25N5.C2H6/c1-19-5-7-20(8-6-19)25-26-21-9-11-22(12-10-21)27-28-23-13-15-24(16-14-23)29-17-3-2-4-18-29;1-2/h5-16H,2-4,17-18H2,1H3;1-2H3. The fourth-order valence-electron chi connectivity index (χ4n) is 3.31. The maximum atomic E-state index is 4.35. The van der Waals surface area contributed by atoms with Crippen LogP contribution in [0.15, 0.2) is 93.3 Å². The minimum atomic E-state index is 0.787. The molecule has 1 fully saturated rings. The second-order valence-corrected chi connectivity index (χ2v) is 7.32. The third-order valence-electron chi connectivity index (χ3n) is 5.02. The van der Waals surface area contributed by atoms with Gasteiger partial charge in [-0.1, -0.05) is 31.5 Å². The van der Waals surface area contributed by atoms with Gasteiger partial charge in [0.25, 0.3) is 0 Å². The Kier molecular flexibility index (Phi) is 8.47. The molecule has 5 heteroatoms. The summed E-state index contributed by atoms with van der Waals surface area (Å²) in [5.74, 6) is 0. The molecule has 3 aromatic rings. The molecule has 4 rings (SSSR count). The van der Waals surface area contributed by atoms with Crippen molar-refractivity contribution in [2.45, 2.75) is 40.0 Å². The van der Waals surface area contributed by atoms with Crippen LogP contribution >= 0.6 is 0 Å². The Balaban J connectivity index is 0.00000132. The largest absolute Gasteiger partial charge is 0.372 e. The fourth-order valence-corrected chi connectivity index (χ4v) is 3.31. The first-order valence-corrected chi connectivity index (χ1v) is 11.1. The van der Waals surface area contributed by atoms with Gasteiger partial charge in [0, 0.05) is 18.8 Å². The van der Waals surface area contributed by atoms with E-state index in [0.29, 0.717) is 0 Å². The van der Waals surface area contributed by atoms with Gasteiger partial charge in [-0.05, 0) is 86.8 Å². The van der Waals surface area contributed by atoms with E-state index >= 15 is 0 Å². The minimum Gasteiger partial charge on any atom is -0.372 e. The molecule has 0 aromatic heterocycles.